The number of methoxy groups -OCH3 is 1. The molecule has 0 atom stereocenters. The SMILES string of the molecule is CCc1ccc(C(=O)c2ccc(N)cc2OC)o1. The molecule has 0 radical (unpaired) electrons. The molecule has 2 rings (SSSR count). The topological polar surface area (TPSA) is 65.5 Å². The molecule has 1 aromatic carbocycles. The van der Waals surface area contributed by atoms with E-state index in [1.807, 2.05) is 6.92 Å². The Hall–Kier alpha value is -2.23. The van der Waals surface area contributed by atoms with Crippen molar-refractivity contribution in [1.29, 1.82) is 0 Å². The first kappa shape index (κ1) is 12.2. The summed E-state index contributed by atoms with van der Waals surface area (Å²) in [6.45, 7) is 1.97. The Morgan fingerprint density at radius 1 is 1.33 bits per heavy atom. The van der Waals surface area contributed by atoms with Crippen molar-refractivity contribution in [3.05, 3.63) is 47.4 Å². The van der Waals surface area contributed by atoms with E-state index in [-0.39, 0.29) is 5.78 Å². The number of furan rings is 1. The Kier molecular flexibility index (Phi) is 3.37. The zero-order chi connectivity index (χ0) is 13.1. The van der Waals surface area contributed by atoms with Crippen LogP contribution < -0.4 is 10.5 Å². The maximum Gasteiger partial charge on any atom is 0.231 e. The normalized spacial score (nSPS) is 10.3. The highest BCUT2D eigenvalue weighted by Crippen LogP contribution is 2.25. The molecule has 94 valence electrons. The fraction of sp³-hybridized carbons (Fsp3) is 0.214. The van der Waals surface area contributed by atoms with Gasteiger partial charge in [-0.15, -0.1) is 0 Å². The van der Waals surface area contributed by atoms with Crippen LogP contribution in [-0.2, 0) is 6.42 Å². The van der Waals surface area contributed by atoms with Gasteiger partial charge in [0.25, 0.3) is 0 Å². The summed E-state index contributed by atoms with van der Waals surface area (Å²) in [4.78, 5) is 12.3. The number of ether oxygens (including phenoxy) is 1. The number of ketones is 1. The summed E-state index contributed by atoms with van der Waals surface area (Å²) in [6.07, 6.45) is 0.756. The standard InChI is InChI=1S/C14H15NO3/c1-3-10-5-7-12(18-10)14(16)11-6-4-9(15)8-13(11)17-2/h4-8H,3,15H2,1-2H3. The van der Waals surface area contributed by atoms with Crippen molar-refractivity contribution in [3.63, 3.8) is 0 Å². The summed E-state index contributed by atoms with van der Waals surface area (Å²) in [5, 5.41) is 0. The van der Waals surface area contributed by atoms with Crippen molar-refractivity contribution in [2.24, 2.45) is 0 Å². The molecule has 0 fully saturated rings. The molecule has 0 aliphatic carbocycles. The lowest BCUT2D eigenvalue weighted by atomic mass is 10.1. The van der Waals surface area contributed by atoms with Gasteiger partial charge < -0.3 is 14.9 Å². The number of rotatable bonds is 4. The van der Waals surface area contributed by atoms with E-state index < -0.39 is 0 Å². The summed E-state index contributed by atoms with van der Waals surface area (Å²) in [5.41, 5.74) is 6.65. The Morgan fingerprint density at radius 2 is 2.11 bits per heavy atom. The van der Waals surface area contributed by atoms with E-state index in [4.69, 9.17) is 14.9 Å². The zero-order valence-corrected chi connectivity index (χ0v) is 10.4. The van der Waals surface area contributed by atoms with Crippen LogP contribution in [0.5, 0.6) is 5.75 Å². The number of benzene rings is 1. The smallest absolute Gasteiger partial charge is 0.231 e. The minimum atomic E-state index is -0.202. The first-order valence-corrected chi connectivity index (χ1v) is 5.72. The van der Waals surface area contributed by atoms with Gasteiger partial charge in [-0.25, -0.2) is 0 Å². The zero-order valence-electron chi connectivity index (χ0n) is 10.4. The average molecular weight is 245 g/mol. The molecule has 0 bridgehead atoms. The minimum absolute atomic E-state index is 0.202. The molecule has 0 saturated heterocycles. The molecule has 2 aromatic rings. The van der Waals surface area contributed by atoms with Crippen LogP contribution in [0.4, 0.5) is 5.69 Å². The van der Waals surface area contributed by atoms with E-state index in [2.05, 4.69) is 0 Å². The molecule has 2 N–H and O–H groups in total. The van der Waals surface area contributed by atoms with E-state index >= 15 is 0 Å². The van der Waals surface area contributed by atoms with Crippen LogP contribution in [0.3, 0.4) is 0 Å². The first-order chi connectivity index (χ1) is 8.65. The molecule has 4 nitrogen and oxygen atoms in total. The number of carbonyl (C=O) groups is 1. The lowest BCUT2D eigenvalue weighted by Crippen LogP contribution is -2.03. The van der Waals surface area contributed by atoms with Crippen molar-refractivity contribution in [1.82, 2.24) is 0 Å². The number of hydrogen-bond acceptors (Lipinski definition) is 4. The van der Waals surface area contributed by atoms with Crippen LogP contribution in [0.15, 0.2) is 34.7 Å². The lowest BCUT2D eigenvalue weighted by Gasteiger charge is -2.07. The number of aryl methyl sites for hydroxylation is 1. The van der Waals surface area contributed by atoms with Gasteiger partial charge in [-0.3, -0.25) is 4.79 Å². The Bertz CT molecular complexity index is 572. The third kappa shape index (κ3) is 2.22. The molecule has 1 heterocycles. The van der Waals surface area contributed by atoms with E-state index in [1.165, 1.54) is 7.11 Å². The molecule has 0 amide bonds. The summed E-state index contributed by atoms with van der Waals surface area (Å²) in [7, 11) is 1.51. The van der Waals surface area contributed by atoms with Gasteiger partial charge in [0.1, 0.15) is 11.5 Å². The molecule has 0 unspecified atom stereocenters. The molecular formula is C14H15NO3. The second-order valence-corrected chi connectivity index (χ2v) is 3.91. The van der Waals surface area contributed by atoms with Gasteiger partial charge in [-0.2, -0.15) is 0 Å². The Balaban J connectivity index is 2.39. The van der Waals surface area contributed by atoms with Crippen LogP contribution in [0.1, 0.15) is 28.8 Å². The van der Waals surface area contributed by atoms with Gasteiger partial charge in [0.05, 0.1) is 12.7 Å². The van der Waals surface area contributed by atoms with Crippen LogP contribution >= 0.6 is 0 Å². The fourth-order valence-corrected chi connectivity index (χ4v) is 1.72. The van der Waals surface area contributed by atoms with E-state index in [0.29, 0.717) is 22.8 Å². The van der Waals surface area contributed by atoms with Crippen molar-refractivity contribution < 1.29 is 13.9 Å². The number of anilines is 1. The van der Waals surface area contributed by atoms with Gasteiger partial charge in [-0.1, -0.05) is 6.92 Å². The lowest BCUT2D eigenvalue weighted by molar-refractivity contribution is 0.100. The van der Waals surface area contributed by atoms with Crippen LogP contribution in [0.25, 0.3) is 0 Å². The van der Waals surface area contributed by atoms with Gasteiger partial charge in [-0.05, 0) is 24.3 Å². The number of carbonyl (C=O) groups excluding carboxylic acids is 1. The molecule has 4 heteroatoms. The summed E-state index contributed by atoms with van der Waals surface area (Å²) in [5.74, 6) is 1.35. The van der Waals surface area contributed by atoms with E-state index in [9.17, 15) is 4.79 Å². The van der Waals surface area contributed by atoms with Gasteiger partial charge in [0, 0.05) is 18.2 Å². The molecule has 0 saturated carbocycles. The largest absolute Gasteiger partial charge is 0.496 e. The predicted octanol–water partition coefficient (Wildman–Crippen LogP) is 2.66. The summed E-state index contributed by atoms with van der Waals surface area (Å²) < 4.78 is 10.6. The van der Waals surface area contributed by atoms with Gasteiger partial charge in [0.2, 0.25) is 5.78 Å². The van der Waals surface area contributed by atoms with Crippen molar-refractivity contribution in [3.8, 4) is 5.75 Å². The van der Waals surface area contributed by atoms with Crippen molar-refractivity contribution in [2.75, 3.05) is 12.8 Å². The van der Waals surface area contributed by atoms with Crippen molar-refractivity contribution >= 4 is 11.5 Å². The van der Waals surface area contributed by atoms with E-state index in [0.717, 1.165) is 12.2 Å². The fourth-order valence-electron chi connectivity index (χ4n) is 1.72. The highest BCUT2D eigenvalue weighted by molar-refractivity contribution is 6.09. The third-order valence-electron chi connectivity index (χ3n) is 2.70. The first-order valence-electron chi connectivity index (χ1n) is 5.72. The van der Waals surface area contributed by atoms with Crippen LogP contribution in [0, 0.1) is 0 Å². The predicted molar refractivity (Wildman–Crippen MR) is 68.9 cm³/mol. The van der Waals surface area contributed by atoms with Crippen LogP contribution in [0.2, 0.25) is 0 Å². The monoisotopic (exact) mass is 245 g/mol. The molecule has 0 aliphatic rings. The molecule has 18 heavy (non-hydrogen) atoms. The number of nitrogen functional groups attached to an aromatic ring is 1. The number of hydrogen-bond donors (Lipinski definition) is 1. The maximum atomic E-state index is 12.3. The maximum absolute atomic E-state index is 12.3. The summed E-state index contributed by atoms with van der Waals surface area (Å²) >= 11 is 0. The molecule has 0 spiro atoms. The average Bonchev–Trinajstić information content (AvgIpc) is 2.86. The minimum Gasteiger partial charge on any atom is -0.496 e. The summed E-state index contributed by atoms with van der Waals surface area (Å²) in [6, 6.07) is 8.41. The second kappa shape index (κ2) is 4.96. The van der Waals surface area contributed by atoms with Crippen molar-refractivity contribution in [2.45, 2.75) is 13.3 Å². The molecular weight excluding hydrogens is 230 g/mol. The second-order valence-electron chi connectivity index (χ2n) is 3.91. The van der Waals surface area contributed by atoms with Gasteiger partial charge in [0.15, 0.2) is 5.76 Å². The third-order valence-corrected chi connectivity index (χ3v) is 2.70. The Labute approximate surface area is 105 Å². The Morgan fingerprint density at radius 3 is 2.72 bits per heavy atom. The van der Waals surface area contributed by atoms with Crippen LogP contribution in [-0.4, -0.2) is 12.9 Å². The molecule has 1 aromatic heterocycles. The molecule has 0 aliphatic heterocycles. The highest BCUT2D eigenvalue weighted by atomic mass is 16.5. The highest BCUT2D eigenvalue weighted by Gasteiger charge is 2.17. The number of nitrogens with two attached hydrogens (primary N) is 1. The van der Waals surface area contributed by atoms with Gasteiger partial charge >= 0.3 is 0 Å². The quantitative estimate of drug-likeness (QED) is 0.664. The van der Waals surface area contributed by atoms with E-state index in [1.54, 1.807) is 30.3 Å².